The second-order valence-corrected chi connectivity index (χ2v) is 11.7. The molecular formula is C29H36N4O3S. The van der Waals surface area contributed by atoms with Crippen LogP contribution in [0.25, 0.3) is 10.9 Å². The topological polar surface area (TPSA) is 76.6 Å². The van der Waals surface area contributed by atoms with Crippen LogP contribution in [0.1, 0.15) is 65.9 Å². The minimum Gasteiger partial charge on any atom is -0.467 e. The van der Waals surface area contributed by atoms with Crippen molar-refractivity contribution < 1.29 is 14.3 Å². The molecule has 1 saturated carbocycles. The molecule has 196 valence electrons. The molecule has 1 N–H and O–H groups in total. The zero-order valence-electron chi connectivity index (χ0n) is 21.4. The smallest absolute Gasteiger partial charge is 0.273 e. The van der Waals surface area contributed by atoms with E-state index in [0.29, 0.717) is 0 Å². The van der Waals surface area contributed by atoms with Crippen molar-refractivity contribution in [3.05, 3.63) is 52.7 Å². The lowest BCUT2D eigenvalue weighted by molar-refractivity contribution is 0.0254. The van der Waals surface area contributed by atoms with Crippen LogP contribution < -0.4 is 10.1 Å². The highest BCUT2D eigenvalue weighted by Gasteiger charge is 2.26. The Morgan fingerprint density at radius 3 is 2.84 bits per heavy atom. The molecule has 7 nitrogen and oxygen atoms in total. The van der Waals surface area contributed by atoms with Gasteiger partial charge in [0.25, 0.3) is 11.1 Å². The Balaban J connectivity index is 0.947. The normalized spacial score (nSPS) is 23.0. The van der Waals surface area contributed by atoms with Crippen LogP contribution in [0.2, 0.25) is 0 Å². The molecule has 1 saturated heterocycles. The van der Waals surface area contributed by atoms with Crippen LogP contribution in [0.5, 0.6) is 5.19 Å². The lowest BCUT2D eigenvalue weighted by atomic mass is 9.84. The number of benzene rings is 1. The van der Waals surface area contributed by atoms with Gasteiger partial charge in [-0.1, -0.05) is 23.5 Å². The van der Waals surface area contributed by atoms with Gasteiger partial charge in [0.2, 0.25) is 0 Å². The summed E-state index contributed by atoms with van der Waals surface area (Å²) in [5.41, 5.74) is 2.80. The third-order valence-corrected chi connectivity index (χ3v) is 9.20. The predicted molar refractivity (Wildman–Crippen MR) is 145 cm³/mol. The van der Waals surface area contributed by atoms with Crippen molar-refractivity contribution in [3.8, 4) is 5.19 Å². The van der Waals surface area contributed by atoms with Crippen LogP contribution in [0, 0.1) is 5.92 Å². The first kappa shape index (κ1) is 24.8. The molecule has 2 fully saturated rings. The highest BCUT2D eigenvalue weighted by Crippen LogP contribution is 2.33. The molecule has 37 heavy (non-hydrogen) atoms. The molecule has 0 unspecified atom stereocenters. The molecule has 6 rings (SSSR count). The Bertz CT molecular complexity index is 1210. The molecule has 1 amide bonds. The number of aromatic nitrogens is 2. The van der Waals surface area contributed by atoms with E-state index in [1.165, 1.54) is 29.8 Å². The zero-order valence-corrected chi connectivity index (χ0v) is 22.2. The van der Waals surface area contributed by atoms with Crippen molar-refractivity contribution in [2.75, 3.05) is 26.3 Å². The van der Waals surface area contributed by atoms with Crippen molar-refractivity contribution in [1.29, 1.82) is 0 Å². The average Bonchev–Trinajstić information content (AvgIpc) is 3.34. The number of ether oxygens (including phenoxy) is 2. The fraction of sp³-hybridized carbons (Fsp3) is 0.552. The number of nitrogens with one attached hydrogen (secondary N) is 1. The molecule has 2 aromatic heterocycles. The average molecular weight is 521 g/mol. The molecular weight excluding hydrogens is 484 g/mol. The first-order valence-electron chi connectivity index (χ1n) is 13.8. The number of fused-ring (bicyclic) bond motifs is 2. The minimum atomic E-state index is 0.0228. The summed E-state index contributed by atoms with van der Waals surface area (Å²) in [6.07, 6.45) is 10.7. The van der Waals surface area contributed by atoms with Gasteiger partial charge in [-0.3, -0.25) is 14.7 Å². The molecule has 0 spiro atoms. The number of pyridine rings is 1. The number of hydrogen-bond donors (Lipinski definition) is 1. The molecule has 2 aliphatic heterocycles. The lowest BCUT2D eigenvalue weighted by Crippen LogP contribution is -2.38. The Kier molecular flexibility index (Phi) is 7.67. The maximum Gasteiger partial charge on any atom is 0.273 e. The molecule has 3 aromatic rings. The molecule has 4 heterocycles. The maximum absolute atomic E-state index is 13.0. The number of carbonyl (C=O) groups is 1. The molecule has 0 atom stereocenters. The zero-order chi connectivity index (χ0) is 25.0. The highest BCUT2D eigenvalue weighted by atomic mass is 32.1. The first-order chi connectivity index (χ1) is 18.2. The van der Waals surface area contributed by atoms with Gasteiger partial charge in [-0.25, -0.2) is 4.98 Å². The van der Waals surface area contributed by atoms with E-state index in [-0.39, 0.29) is 18.1 Å². The van der Waals surface area contributed by atoms with Crippen molar-refractivity contribution in [1.82, 2.24) is 20.2 Å². The van der Waals surface area contributed by atoms with Gasteiger partial charge >= 0.3 is 0 Å². The van der Waals surface area contributed by atoms with Gasteiger partial charge in [-0.15, -0.1) is 0 Å². The molecule has 0 bridgehead atoms. The maximum atomic E-state index is 13.0. The van der Waals surface area contributed by atoms with Crippen molar-refractivity contribution in [3.63, 3.8) is 0 Å². The number of nitrogens with zero attached hydrogens (tertiary/aromatic N) is 3. The number of thiazole rings is 1. The van der Waals surface area contributed by atoms with Gasteiger partial charge in [0.05, 0.1) is 24.4 Å². The van der Waals surface area contributed by atoms with E-state index in [1.807, 2.05) is 30.3 Å². The van der Waals surface area contributed by atoms with Crippen LogP contribution in [-0.4, -0.2) is 59.2 Å². The van der Waals surface area contributed by atoms with E-state index in [0.717, 1.165) is 92.5 Å². The monoisotopic (exact) mass is 520 g/mol. The molecule has 0 radical (unpaired) electrons. The summed E-state index contributed by atoms with van der Waals surface area (Å²) in [5.74, 6) is 0.758. The van der Waals surface area contributed by atoms with Gasteiger partial charge in [0.1, 0.15) is 6.10 Å². The molecule has 1 aromatic carbocycles. The molecule has 3 aliphatic rings. The summed E-state index contributed by atoms with van der Waals surface area (Å²) >= 11 is 1.74. The standard InChI is InChI=1S/C29H36N4O3S/c34-28(24-3-1-5-25-23(24)4-2-14-30-25)31-21-8-6-20(7-9-21)10-15-33-16-11-27-26(19-33)32-29(37-27)36-22-12-17-35-18-13-22/h1-5,14,20-22H,6-13,15-19H2,(H,31,34). The fourth-order valence-corrected chi connectivity index (χ4v) is 6.90. The van der Waals surface area contributed by atoms with E-state index in [4.69, 9.17) is 14.5 Å². The van der Waals surface area contributed by atoms with Crippen LogP contribution in [0.15, 0.2) is 36.5 Å². The fourth-order valence-electron chi connectivity index (χ4n) is 5.93. The second kappa shape index (κ2) is 11.5. The summed E-state index contributed by atoms with van der Waals surface area (Å²) < 4.78 is 11.6. The predicted octanol–water partition coefficient (Wildman–Crippen LogP) is 4.99. The summed E-state index contributed by atoms with van der Waals surface area (Å²) in [6.45, 7) is 4.75. The van der Waals surface area contributed by atoms with E-state index >= 15 is 0 Å². The number of hydrogen-bond acceptors (Lipinski definition) is 7. The van der Waals surface area contributed by atoms with Gasteiger partial charge in [0, 0.05) is 54.0 Å². The van der Waals surface area contributed by atoms with Gasteiger partial charge in [-0.05, 0) is 69.2 Å². The second-order valence-electron chi connectivity index (χ2n) is 10.7. The largest absolute Gasteiger partial charge is 0.467 e. The van der Waals surface area contributed by atoms with Crippen LogP contribution in [-0.2, 0) is 17.7 Å². The van der Waals surface area contributed by atoms with Crippen LogP contribution >= 0.6 is 11.3 Å². The van der Waals surface area contributed by atoms with Crippen molar-refractivity contribution in [2.24, 2.45) is 5.92 Å². The quantitative estimate of drug-likeness (QED) is 0.473. The first-order valence-corrected chi connectivity index (χ1v) is 14.6. The third kappa shape index (κ3) is 5.97. The van der Waals surface area contributed by atoms with E-state index in [1.54, 1.807) is 17.5 Å². The molecule has 1 aliphatic carbocycles. The lowest BCUT2D eigenvalue weighted by Gasteiger charge is -2.32. The Morgan fingerprint density at radius 2 is 1.97 bits per heavy atom. The SMILES string of the molecule is O=C(NC1CCC(CCN2CCc3sc(OC4CCOCC4)nc3C2)CC1)c1cccc2ncccc12. The van der Waals surface area contributed by atoms with Gasteiger partial charge in [0.15, 0.2) is 0 Å². The Hall–Kier alpha value is -2.55. The minimum absolute atomic E-state index is 0.0228. The van der Waals surface area contributed by atoms with Crippen LogP contribution in [0.3, 0.4) is 0 Å². The highest BCUT2D eigenvalue weighted by molar-refractivity contribution is 7.13. The van der Waals surface area contributed by atoms with Gasteiger partial charge < -0.3 is 14.8 Å². The summed E-state index contributed by atoms with van der Waals surface area (Å²) in [7, 11) is 0. The number of amides is 1. The van der Waals surface area contributed by atoms with Crippen LogP contribution in [0.4, 0.5) is 0 Å². The van der Waals surface area contributed by atoms with Gasteiger partial charge in [-0.2, -0.15) is 0 Å². The third-order valence-electron chi connectivity index (χ3n) is 8.15. The van der Waals surface area contributed by atoms with Crippen molar-refractivity contribution in [2.45, 2.75) is 70.1 Å². The van der Waals surface area contributed by atoms with Crippen molar-refractivity contribution >= 4 is 28.1 Å². The molecule has 8 heteroatoms. The number of rotatable bonds is 7. The van der Waals surface area contributed by atoms with E-state index in [2.05, 4.69) is 15.2 Å². The Labute approximate surface area is 222 Å². The van der Waals surface area contributed by atoms with E-state index < -0.39 is 0 Å². The summed E-state index contributed by atoms with van der Waals surface area (Å²) in [4.78, 5) is 26.2. The number of carbonyl (C=O) groups excluding carboxylic acids is 1. The Morgan fingerprint density at radius 1 is 1.11 bits per heavy atom. The summed E-state index contributed by atoms with van der Waals surface area (Å²) in [6, 6.07) is 9.89. The summed E-state index contributed by atoms with van der Waals surface area (Å²) in [5, 5.41) is 5.06. The van der Waals surface area contributed by atoms with E-state index in [9.17, 15) is 4.79 Å².